The molecule has 0 unspecified atom stereocenters. The number of aliphatic carboxylic acids is 1. The lowest BCUT2D eigenvalue weighted by molar-refractivity contribution is -0.531. The molecule has 1 N–H and O–H groups in total. The van der Waals surface area contributed by atoms with Crippen molar-refractivity contribution >= 4 is 5.97 Å². The monoisotopic (exact) mass is 344 g/mol. The first-order valence-corrected chi connectivity index (χ1v) is 9.53. The van der Waals surface area contributed by atoms with Crippen LogP contribution in [0.3, 0.4) is 0 Å². The zero-order valence-corrected chi connectivity index (χ0v) is 14.7. The van der Waals surface area contributed by atoms with Crippen LogP contribution in [0.2, 0.25) is 0 Å². The predicted molar refractivity (Wildman–Crippen MR) is 88.0 cm³/mol. The largest absolute Gasteiger partial charge is 0.481 e. The van der Waals surface area contributed by atoms with Crippen LogP contribution in [0.25, 0.3) is 0 Å². The quantitative estimate of drug-likeness (QED) is 0.766. The average molecular weight is 344 g/mol. The summed E-state index contributed by atoms with van der Waals surface area (Å²) in [7, 11) is 0. The lowest BCUT2D eigenvalue weighted by atomic mass is 9.97. The van der Waals surface area contributed by atoms with Crippen molar-refractivity contribution in [1.82, 2.24) is 0 Å². The molecule has 2 fully saturated rings. The molecule has 2 rings (SSSR count). The second kappa shape index (κ2) is 11.0. The summed E-state index contributed by atoms with van der Waals surface area (Å²) >= 11 is 0. The third kappa shape index (κ3) is 7.47. The fourth-order valence-electron chi connectivity index (χ4n) is 3.35. The van der Waals surface area contributed by atoms with Gasteiger partial charge in [-0.2, -0.15) is 9.78 Å². The van der Waals surface area contributed by atoms with E-state index < -0.39 is 11.8 Å². The smallest absolute Gasteiger partial charge is 0.303 e. The summed E-state index contributed by atoms with van der Waals surface area (Å²) in [5, 5.41) is 8.77. The van der Waals surface area contributed by atoms with E-state index in [1.165, 1.54) is 44.9 Å². The summed E-state index contributed by atoms with van der Waals surface area (Å²) in [5.41, 5.74) is 0. The molecule has 24 heavy (non-hydrogen) atoms. The van der Waals surface area contributed by atoms with E-state index in [0.29, 0.717) is 19.6 Å². The van der Waals surface area contributed by atoms with Crippen molar-refractivity contribution in [3.05, 3.63) is 0 Å². The molecule has 0 bridgehead atoms. The van der Waals surface area contributed by atoms with E-state index in [4.69, 9.17) is 24.7 Å². The second-order valence-electron chi connectivity index (χ2n) is 7.13. The van der Waals surface area contributed by atoms with Gasteiger partial charge in [0.25, 0.3) is 0 Å². The van der Waals surface area contributed by atoms with E-state index in [9.17, 15) is 4.79 Å². The van der Waals surface area contributed by atoms with Gasteiger partial charge < -0.3 is 5.11 Å². The van der Waals surface area contributed by atoms with Gasteiger partial charge in [-0.05, 0) is 19.3 Å². The number of carboxylic acids is 1. The van der Waals surface area contributed by atoms with Crippen molar-refractivity contribution in [1.29, 1.82) is 0 Å². The molecule has 1 saturated heterocycles. The highest BCUT2D eigenvalue weighted by Crippen LogP contribution is 2.32. The van der Waals surface area contributed by atoms with Crippen LogP contribution in [0, 0.1) is 5.92 Å². The Morgan fingerprint density at radius 3 is 1.75 bits per heavy atom. The summed E-state index contributed by atoms with van der Waals surface area (Å²) in [6.45, 7) is 0.691. The first kappa shape index (κ1) is 19.6. The van der Waals surface area contributed by atoms with E-state index in [2.05, 4.69) is 0 Å². The number of rotatable bonds is 3. The molecule has 1 aliphatic carbocycles. The number of hydrogen-bond donors (Lipinski definition) is 1. The highest BCUT2D eigenvalue weighted by molar-refractivity contribution is 5.66. The van der Waals surface area contributed by atoms with Crippen LogP contribution in [0.1, 0.15) is 83.5 Å². The molecule has 1 saturated carbocycles. The van der Waals surface area contributed by atoms with E-state index >= 15 is 0 Å². The maximum absolute atomic E-state index is 10.7. The van der Waals surface area contributed by atoms with Crippen LogP contribution in [0.5, 0.6) is 0 Å². The first-order valence-electron chi connectivity index (χ1n) is 9.53. The van der Waals surface area contributed by atoms with Crippen LogP contribution in [0.15, 0.2) is 0 Å². The van der Waals surface area contributed by atoms with Crippen LogP contribution in [-0.4, -0.2) is 30.1 Å². The summed E-state index contributed by atoms with van der Waals surface area (Å²) in [6, 6.07) is 0. The van der Waals surface area contributed by atoms with Gasteiger partial charge in [0.2, 0.25) is 5.79 Å². The molecule has 1 heterocycles. The molecule has 140 valence electrons. The van der Waals surface area contributed by atoms with E-state index in [-0.39, 0.29) is 12.3 Å². The third-order valence-electron chi connectivity index (χ3n) is 4.91. The van der Waals surface area contributed by atoms with Gasteiger partial charge in [-0.1, -0.05) is 44.9 Å². The van der Waals surface area contributed by atoms with Crippen molar-refractivity contribution < 1.29 is 29.5 Å². The first-order chi connectivity index (χ1) is 11.7. The van der Waals surface area contributed by atoms with Crippen LogP contribution in [-0.2, 0) is 24.3 Å². The minimum Gasteiger partial charge on any atom is -0.481 e. The molecule has 0 amide bonds. The van der Waals surface area contributed by atoms with Crippen LogP contribution in [0.4, 0.5) is 0 Å². The fraction of sp³-hybridized carbons (Fsp3) is 0.944. The zero-order valence-electron chi connectivity index (χ0n) is 14.7. The Morgan fingerprint density at radius 2 is 1.29 bits per heavy atom. The Morgan fingerprint density at radius 1 is 0.833 bits per heavy atom. The Labute approximate surface area is 144 Å². The molecule has 1 spiro atoms. The van der Waals surface area contributed by atoms with E-state index in [1.807, 2.05) is 0 Å². The third-order valence-corrected chi connectivity index (χ3v) is 4.91. The van der Waals surface area contributed by atoms with Crippen LogP contribution < -0.4 is 0 Å². The van der Waals surface area contributed by atoms with Crippen LogP contribution >= 0.6 is 0 Å². The topological polar surface area (TPSA) is 74.2 Å². The molecule has 0 aromatic rings. The SMILES string of the molecule is O=C(O)CCC1COOC2(CCCCCCCCCCC2)OOC1. The Kier molecular flexibility index (Phi) is 9.02. The maximum Gasteiger partial charge on any atom is 0.303 e. The van der Waals surface area contributed by atoms with Gasteiger partial charge in [-0.15, -0.1) is 0 Å². The second-order valence-corrected chi connectivity index (χ2v) is 7.13. The van der Waals surface area contributed by atoms with Gasteiger partial charge in [-0.25, -0.2) is 9.78 Å². The summed E-state index contributed by atoms with van der Waals surface area (Å²) in [6.07, 6.45) is 13.1. The van der Waals surface area contributed by atoms with E-state index in [1.54, 1.807) is 0 Å². The zero-order chi connectivity index (χ0) is 17.1. The van der Waals surface area contributed by atoms with Gasteiger partial charge >= 0.3 is 5.97 Å². The predicted octanol–water partition coefficient (Wildman–Crippen LogP) is 4.38. The minimum atomic E-state index is -0.810. The van der Waals surface area contributed by atoms with Crippen molar-refractivity contribution in [3.63, 3.8) is 0 Å². The van der Waals surface area contributed by atoms with Gasteiger partial charge in [0.1, 0.15) is 0 Å². The van der Waals surface area contributed by atoms with Crippen molar-refractivity contribution in [3.8, 4) is 0 Å². The summed E-state index contributed by atoms with van der Waals surface area (Å²) in [4.78, 5) is 32.9. The highest BCUT2D eigenvalue weighted by atomic mass is 17.3. The van der Waals surface area contributed by atoms with E-state index in [0.717, 1.165) is 25.7 Å². The number of hydrogen-bond acceptors (Lipinski definition) is 5. The molecular weight excluding hydrogens is 312 g/mol. The molecule has 0 radical (unpaired) electrons. The van der Waals surface area contributed by atoms with Crippen molar-refractivity contribution in [2.24, 2.45) is 5.92 Å². The average Bonchev–Trinajstić information content (AvgIpc) is 2.52. The summed E-state index contributed by atoms with van der Waals surface area (Å²) < 4.78 is 0. The van der Waals surface area contributed by atoms with Gasteiger partial charge in [0.15, 0.2) is 0 Å². The van der Waals surface area contributed by atoms with Gasteiger partial charge in [-0.3, -0.25) is 4.79 Å². The lowest BCUT2D eigenvalue weighted by Gasteiger charge is -2.34. The Balaban J connectivity index is 1.83. The molecule has 2 aliphatic rings. The number of carbonyl (C=O) groups is 1. The molecule has 6 nitrogen and oxygen atoms in total. The van der Waals surface area contributed by atoms with Gasteiger partial charge in [0.05, 0.1) is 13.2 Å². The Bertz CT molecular complexity index is 335. The lowest BCUT2D eigenvalue weighted by Crippen LogP contribution is -2.40. The molecule has 0 atom stereocenters. The minimum absolute atomic E-state index is 0.0234. The molecule has 0 aromatic carbocycles. The molecule has 6 heteroatoms. The van der Waals surface area contributed by atoms with Crippen molar-refractivity contribution in [2.45, 2.75) is 89.3 Å². The molecular formula is C18H32O6. The maximum atomic E-state index is 10.7. The number of carboxylic acid groups (broad SMARTS) is 1. The summed E-state index contributed by atoms with van der Waals surface area (Å²) in [5.74, 6) is -1.64. The van der Waals surface area contributed by atoms with Gasteiger partial charge in [0, 0.05) is 25.2 Å². The molecule has 0 aromatic heterocycles. The standard InChI is InChI=1S/C18H32O6/c19-17(20)11-10-16-14-21-23-18(24-22-15-16)12-8-6-4-2-1-3-5-7-9-13-18/h16H,1-15H2,(H,19,20). The highest BCUT2D eigenvalue weighted by Gasteiger charge is 2.36. The fourth-order valence-corrected chi connectivity index (χ4v) is 3.35. The Hall–Kier alpha value is -0.690. The van der Waals surface area contributed by atoms with Crippen molar-refractivity contribution in [2.75, 3.05) is 13.2 Å². The normalized spacial score (nSPS) is 25.2. The molecule has 1 aliphatic heterocycles.